The van der Waals surface area contributed by atoms with Crippen molar-refractivity contribution in [3.8, 4) is 0 Å². The number of aromatic nitrogens is 1. The van der Waals surface area contributed by atoms with Crippen molar-refractivity contribution in [3.63, 3.8) is 0 Å². The zero-order valence-corrected chi connectivity index (χ0v) is 28.9. The van der Waals surface area contributed by atoms with Crippen LogP contribution in [0.4, 0.5) is 4.39 Å². The summed E-state index contributed by atoms with van der Waals surface area (Å²) in [5.74, 6) is -0.653. The van der Waals surface area contributed by atoms with E-state index in [4.69, 9.17) is 28.2 Å². The molecule has 8 nitrogen and oxygen atoms in total. The lowest BCUT2D eigenvalue weighted by atomic mass is 9.81. The predicted octanol–water partition coefficient (Wildman–Crippen LogP) is 6.50. The van der Waals surface area contributed by atoms with Crippen molar-refractivity contribution in [1.82, 2.24) is 25.0 Å². The molecule has 12 heteroatoms. The lowest BCUT2D eigenvalue weighted by molar-refractivity contribution is -0.144. The summed E-state index contributed by atoms with van der Waals surface area (Å²) in [4.78, 5) is 45.0. The molecule has 1 saturated carbocycles. The van der Waals surface area contributed by atoms with Gasteiger partial charge in [0.1, 0.15) is 27.5 Å². The third-order valence-corrected chi connectivity index (χ3v) is 11.9. The lowest BCUT2D eigenvalue weighted by Crippen LogP contribution is -2.58. The molecule has 2 amide bonds. The van der Waals surface area contributed by atoms with Gasteiger partial charge in [-0.25, -0.2) is 14.4 Å². The van der Waals surface area contributed by atoms with Gasteiger partial charge in [0.2, 0.25) is 5.91 Å². The number of nitrogens with one attached hydrogen (secondary N) is 1. The number of piperazine rings is 1. The molecule has 0 radical (unpaired) electrons. The second-order valence-corrected chi connectivity index (χ2v) is 15.4. The third kappa shape index (κ3) is 5.24. The molecule has 46 heavy (non-hydrogen) atoms. The molecule has 0 bridgehead atoms. The van der Waals surface area contributed by atoms with Gasteiger partial charge in [0, 0.05) is 48.7 Å². The van der Waals surface area contributed by atoms with Crippen molar-refractivity contribution < 1.29 is 14.0 Å². The van der Waals surface area contributed by atoms with Crippen LogP contribution in [-0.2, 0) is 15.1 Å². The first-order chi connectivity index (χ1) is 22.0. The van der Waals surface area contributed by atoms with Crippen LogP contribution in [0.5, 0.6) is 0 Å². The summed E-state index contributed by atoms with van der Waals surface area (Å²) < 4.78 is 15.0. The molecule has 0 unspecified atom stereocenters. The summed E-state index contributed by atoms with van der Waals surface area (Å²) in [5.41, 5.74) is 1.52. The molecule has 5 aliphatic rings. The Labute approximate surface area is 283 Å². The molecule has 2 aromatic rings. The van der Waals surface area contributed by atoms with E-state index in [1.807, 2.05) is 28.9 Å². The van der Waals surface area contributed by atoms with Gasteiger partial charge in [0.15, 0.2) is 5.17 Å². The van der Waals surface area contributed by atoms with Crippen molar-refractivity contribution in [1.29, 1.82) is 0 Å². The maximum Gasteiger partial charge on any atom is 0.263 e. The average molecular weight is 686 g/mol. The fourth-order valence-corrected chi connectivity index (χ4v) is 9.36. The molecule has 7 rings (SSSR count). The minimum absolute atomic E-state index is 0.0234. The van der Waals surface area contributed by atoms with E-state index in [1.54, 1.807) is 18.3 Å². The van der Waals surface area contributed by atoms with Crippen LogP contribution in [0.2, 0.25) is 10.2 Å². The number of amidine groups is 1. The molecule has 3 fully saturated rings. The van der Waals surface area contributed by atoms with E-state index >= 15 is 4.39 Å². The number of carbonyl (C=O) groups excluding carboxylic acids is 2. The quantitative estimate of drug-likeness (QED) is 0.350. The van der Waals surface area contributed by atoms with Crippen LogP contribution < -0.4 is 5.32 Å². The van der Waals surface area contributed by atoms with Gasteiger partial charge in [-0.3, -0.25) is 9.59 Å². The summed E-state index contributed by atoms with van der Waals surface area (Å²) in [7, 11) is 0. The zero-order chi connectivity index (χ0) is 32.5. The molecule has 1 N–H and O–H groups in total. The number of hydrogen-bond acceptors (Lipinski definition) is 7. The molecule has 1 aromatic heterocycles. The number of halogens is 3. The Morgan fingerprint density at radius 1 is 1.17 bits per heavy atom. The average Bonchev–Trinajstić information content (AvgIpc) is 3.35. The van der Waals surface area contributed by atoms with Crippen LogP contribution in [0.25, 0.3) is 0 Å². The van der Waals surface area contributed by atoms with Crippen LogP contribution >= 0.6 is 35.0 Å². The number of pyridine rings is 1. The maximum atomic E-state index is 15.0. The Morgan fingerprint density at radius 2 is 1.96 bits per heavy atom. The van der Waals surface area contributed by atoms with Crippen molar-refractivity contribution in [3.05, 3.63) is 74.3 Å². The van der Waals surface area contributed by atoms with Crippen molar-refractivity contribution >= 4 is 51.9 Å². The second-order valence-electron chi connectivity index (χ2n) is 13.7. The van der Waals surface area contributed by atoms with Gasteiger partial charge in [-0.2, -0.15) is 0 Å². The Morgan fingerprint density at radius 3 is 2.61 bits per heavy atom. The van der Waals surface area contributed by atoms with E-state index in [9.17, 15) is 9.59 Å². The smallest absolute Gasteiger partial charge is 0.263 e. The predicted molar refractivity (Wildman–Crippen MR) is 180 cm³/mol. The van der Waals surface area contributed by atoms with Gasteiger partial charge in [-0.1, -0.05) is 56.1 Å². The molecule has 244 valence electrons. The number of aliphatic imine (C=N–C) groups is 1. The molecule has 1 aromatic carbocycles. The van der Waals surface area contributed by atoms with E-state index in [2.05, 4.69) is 36.0 Å². The van der Waals surface area contributed by atoms with E-state index in [0.717, 1.165) is 43.5 Å². The fourth-order valence-electron chi connectivity index (χ4n) is 7.78. The number of hydrogen-bond donors (Lipinski definition) is 1. The van der Waals surface area contributed by atoms with Gasteiger partial charge in [0.25, 0.3) is 5.91 Å². The SMILES string of the molecule is CC[C@@H]1CC[C@H](C(=O)N2CCNC3(CC3)C2)N1C(=O)C1=C(C(C)C)N2C(=N[C@@](C)(c3ccc(Cl)nc3)[C@H]2c2ccc(Cl)c(F)c2)S1. The topological polar surface area (TPSA) is 81.1 Å². The number of thioether (sulfide) groups is 1. The normalized spacial score (nSPS) is 28.4. The molecule has 4 aliphatic heterocycles. The first-order valence-electron chi connectivity index (χ1n) is 16.2. The second kappa shape index (κ2) is 11.8. The molecule has 1 aliphatic carbocycles. The monoisotopic (exact) mass is 684 g/mol. The van der Waals surface area contributed by atoms with Crippen molar-refractivity contribution in [2.75, 3.05) is 19.6 Å². The van der Waals surface area contributed by atoms with E-state index < -0.39 is 23.4 Å². The van der Waals surface area contributed by atoms with Gasteiger partial charge in [-0.05, 0) is 80.5 Å². The number of fused-ring (bicyclic) bond motifs is 1. The highest BCUT2D eigenvalue weighted by atomic mass is 35.5. The molecule has 1 spiro atoms. The third-order valence-electron chi connectivity index (χ3n) is 10.4. The van der Waals surface area contributed by atoms with E-state index in [-0.39, 0.29) is 34.3 Å². The van der Waals surface area contributed by atoms with Gasteiger partial charge >= 0.3 is 0 Å². The number of likely N-dealkylation sites (tertiary alicyclic amines) is 1. The number of amides is 2. The maximum absolute atomic E-state index is 15.0. The van der Waals surface area contributed by atoms with Crippen molar-refractivity contribution in [2.24, 2.45) is 10.9 Å². The highest BCUT2D eigenvalue weighted by molar-refractivity contribution is 8.18. The summed E-state index contributed by atoms with van der Waals surface area (Å²) in [6.45, 7) is 10.4. The fraction of sp³-hybridized carbons (Fsp3) is 0.529. The minimum Gasteiger partial charge on any atom is -0.338 e. The summed E-state index contributed by atoms with van der Waals surface area (Å²) in [5, 5.41) is 4.65. The van der Waals surface area contributed by atoms with E-state index in [0.29, 0.717) is 40.3 Å². The van der Waals surface area contributed by atoms with Gasteiger partial charge in [0.05, 0.1) is 11.1 Å². The highest BCUT2D eigenvalue weighted by Crippen LogP contribution is 2.56. The zero-order valence-electron chi connectivity index (χ0n) is 26.5. The lowest BCUT2D eigenvalue weighted by Gasteiger charge is -2.38. The standard InChI is InChI=1S/C34H39Cl2FN6O2S/c1-5-22-8-10-25(30(44)41-15-14-39-34(18-41)12-13-34)42(22)31(45)28-27(19(2)3)43-29(20-6-9-23(35)24(37)16-20)33(4,40-32(43)46-28)21-7-11-26(36)38-17-21/h6-7,9,11,16-17,19,22,25,29,39H,5,8,10,12-15,18H2,1-4H3/t22-,25-,29-,33+/m1/s1. The summed E-state index contributed by atoms with van der Waals surface area (Å²) >= 11 is 13.6. The van der Waals surface area contributed by atoms with Crippen LogP contribution in [0.3, 0.4) is 0 Å². The Hall–Kier alpha value is -2.66. The Balaban J connectivity index is 1.28. The van der Waals surface area contributed by atoms with Crippen LogP contribution in [0.1, 0.15) is 77.0 Å². The van der Waals surface area contributed by atoms with E-state index in [1.165, 1.54) is 17.8 Å². The molecule has 2 saturated heterocycles. The number of benzene rings is 1. The molecule has 5 heterocycles. The van der Waals surface area contributed by atoms with Gasteiger partial charge < -0.3 is 20.0 Å². The van der Waals surface area contributed by atoms with Crippen LogP contribution in [-0.4, -0.2) is 73.9 Å². The number of allylic oxidation sites excluding steroid dienone is 1. The highest BCUT2D eigenvalue weighted by Gasteiger charge is 2.55. The largest absolute Gasteiger partial charge is 0.338 e. The first-order valence-corrected chi connectivity index (χ1v) is 17.8. The molecular weight excluding hydrogens is 646 g/mol. The molecule has 4 atom stereocenters. The summed E-state index contributed by atoms with van der Waals surface area (Å²) in [6, 6.07) is 7.46. The Kier molecular flexibility index (Phi) is 8.18. The van der Waals surface area contributed by atoms with Gasteiger partial charge in [-0.15, -0.1) is 0 Å². The number of nitrogens with zero attached hydrogens (tertiary/aromatic N) is 5. The number of carbonyl (C=O) groups is 2. The number of rotatable bonds is 6. The van der Waals surface area contributed by atoms with Crippen molar-refractivity contribution in [2.45, 2.75) is 89.0 Å². The summed E-state index contributed by atoms with van der Waals surface area (Å²) in [6.07, 6.45) is 6.11. The van der Waals surface area contributed by atoms with Crippen LogP contribution in [0, 0.1) is 11.7 Å². The first kappa shape index (κ1) is 31.9. The molecular formula is C34H39Cl2FN6O2S. The minimum atomic E-state index is -0.867. The van der Waals surface area contributed by atoms with Crippen LogP contribution in [0.15, 0.2) is 52.1 Å². The Bertz CT molecular complexity index is 1650.